The number of methoxy groups -OCH3 is 1. The van der Waals surface area contributed by atoms with Crippen LogP contribution < -0.4 is 24.1 Å². The fraction of sp³-hybridized carbons (Fsp3) is 0.410. The molecule has 1 heterocycles. The van der Waals surface area contributed by atoms with Gasteiger partial charge in [-0.2, -0.15) is 0 Å². The van der Waals surface area contributed by atoms with Gasteiger partial charge in [0.1, 0.15) is 5.75 Å². The van der Waals surface area contributed by atoms with Gasteiger partial charge in [0.05, 0.1) is 24.9 Å². The van der Waals surface area contributed by atoms with Crippen LogP contribution in [0.2, 0.25) is 0 Å². The van der Waals surface area contributed by atoms with E-state index >= 15 is 0 Å². The number of benzene rings is 3. The molecule has 2 atom stereocenters. The number of phosphoric acid groups is 1. The summed E-state index contributed by atoms with van der Waals surface area (Å²) in [5, 5.41) is 14.1. The first-order valence-electron chi connectivity index (χ1n) is 17.1. The number of nitrogens with zero attached hydrogens (tertiary/aromatic N) is 1. The molecule has 5 rings (SSSR count). The van der Waals surface area contributed by atoms with Gasteiger partial charge < -0.3 is 34.4 Å². The minimum absolute atomic E-state index is 0.0876. The number of phosphoric ester groups is 1. The van der Waals surface area contributed by atoms with E-state index in [4.69, 9.17) is 24.0 Å². The van der Waals surface area contributed by atoms with Gasteiger partial charge in [-0.3, -0.25) is 0 Å². The zero-order valence-electron chi connectivity index (χ0n) is 29.3. The highest BCUT2D eigenvalue weighted by atomic mass is 31.2. The van der Waals surface area contributed by atoms with Crippen molar-refractivity contribution in [3.8, 4) is 17.2 Å². The number of aliphatic hydroxyl groups is 1. The molecule has 0 radical (unpaired) electrons. The van der Waals surface area contributed by atoms with Crippen molar-refractivity contribution in [1.82, 2.24) is 5.32 Å². The SMILES string of the molecule is COc1ccc(C(Cc2cc[n+](Cc3ccc(C(O)CNC(C)(C)C)cc3OCOP(=O)(O)O)cc2)c2ccccc2)cc1OC1CCCC1. The fourth-order valence-corrected chi connectivity index (χ4v) is 6.38. The minimum Gasteiger partial charge on any atom is -0.493 e. The van der Waals surface area contributed by atoms with E-state index in [0.717, 1.165) is 47.5 Å². The summed E-state index contributed by atoms with van der Waals surface area (Å²) < 4.78 is 35.6. The maximum absolute atomic E-state index is 11.3. The van der Waals surface area contributed by atoms with Gasteiger partial charge in [0.15, 0.2) is 37.2 Å². The van der Waals surface area contributed by atoms with Crippen LogP contribution in [0.25, 0.3) is 0 Å². The predicted octanol–water partition coefficient (Wildman–Crippen LogP) is 6.59. The Balaban J connectivity index is 1.35. The molecule has 0 saturated heterocycles. The van der Waals surface area contributed by atoms with Crippen molar-refractivity contribution >= 4 is 7.82 Å². The second-order valence-corrected chi connectivity index (χ2v) is 15.1. The summed E-state index contributed by atoms with van der Waals surface area (Å²) >= 11 is 0. The van der Waals surface area contributed by atoms with E-state index in [9.17, 15) is 9.67 Å². The smallest absolute Gasteiger partial charge is 0.472 e. The van der Waals surface area contributed by atoms with Crippen molar-refractivity contribution in [2.24, 2.45) is 0 Å². The fourth-order valence-electron chi connectivity index (χ4n) is 6.19. The van der Waals surface area contributed by atoms with Crippen LogP contribution in [0.3, 0.4) is 0 Å². The third-order valence-electron chi connectivity index (χ3n) is 8.88. The molecule has 268 valence electrons. The Hall–Kier alpha value is -3.76. The first-order chi connectivity index (χ1) is 23.9. The Morgan fingerprint density at radius 2 is 1.56 bits per heavy atom. The number of aromatic nitrogens is 1. The van der Waals surface area contributed by atoms with Crippen molar-refractivity contribution in [3.63, 3.8) is 0 Å². The van der Waals surface area contributed by atoms with Gasteiger partial charge in [-0.1, -0.05) is 42.5 Å². The lowest BCUT2D eigenvalue weighted by Gasteiger charge is -2.23. The van der Waals surface area contributed by atoms with Gasteiger partial charge in [0.25, 0.3) is 0 Å². The van der Waals surface area contributed by atoms with E-state index in [1.807, 2.05) is 62.0 Å². The van der Waals surface area contributed by atoms with Gasteiger partial charge in [0.2, 0.25) is 0 Å². The van der Waals surface area contributed by atoms with Crippen LogP contribution in [0.4, 0.5) is 0 Å². The van der Waals surface area contributed by atoms with Gasteiger partial charge in [-0.15, -0.1) is 0 Å². The Morgan fingerprint density at radius 3 is 2.22 bits per heavy atom. The maximum atomic E-state index is 11.3. The molecule has 10 nitrogen and oxygen atoms in total. The summed E-state index contributed by atoms with van der Waals surface area (Å²) in [6.45, 7) is 6.16. The highest BCUT2D eigenvalue weighted by Gasteiger charge is 2.23. The number of hydrogen-bond acceptors (Lipinski definition) is 7. The number of pyridine rings is 1. The molecule has 0 amide bonds. The number of hydrogen-bond donors (Lipinski definition) is 4. The molecule has 4 N–H and O–H groups in total. The lowest BCUT2D eigenvalue weighted by atomic mass is 9.86. The molecular formula is C39H50N2O8P+. The Kier molecular flexibility index (Phi) is 12.7. The van der Waals surface area contributed by atoms with E-state index in [2.05, 4.69) is 58.4 Å². The molecule has 2 unspecified atom stereocenters. The molecule has 1 aliphatic carbocycles. The average molecular weight is 706 g/mol. The van der Waals surface area contributed by atoms with Crippen LogP contribution in [0.15, 0.2) is 91.3 Å². The largest absolute Gasteiger partial charge is 0.493 e. The highest BCUT2D eigenvalue weighted by molar-refractivity contribution is 7.46. The second kappa shape index (κ2) is 17.0. The van der Waals surface area contributed by atoms with Crippen molar-refractivity contribution in [1.29, 1.82) is 0 Å². The Labute approximate surface area is 295 Å². The second-order valence-electron chi connectivity index (χ2n) is 13.9. The molecule has 50 heavy (non-hydrogen) atoms. The number of nitrogens with one attached hydrogen (secondary N) is 1. The molecule has 1 fully saturated rings. The molecule has 11 heteroatoms. The van der Waals surface area contributed by atoms with Crippen molar-refractivity contribution < 1.29 is 42.8 Å². The van der Waals surface area contributed by atoms with E-state index in [1.165, 1.54) is 18.4 Å². The maximum Gasteiger partial charge on any atom is 0.472 e. The standard InChI is InChI=1S/C39H49N2O8P/c1-39(2,3)40-25-35(42)31-14-15-32(37(24-31)47-27-48-50(43,44)45)26-41-20-18-28(19-21-41)22-34(29-10-6-5-7-11-29)30-16-17-36(46-4)38(23-30)49-33-12-8-9-13-33/h5-7,10-11,14-21,23-24,33-35,40,42H,8-9,12-13,22,25-27H2,1-4H3,(H-,43,44,45)/p+1. The normalized spacial score (nSPS) is 15.1. The van der Waals surface area contributed by atoms with Crippen LogP contribution in [-0.4, -0.2) is 47.0 Å². The van der Waals surface area contributed by atoms with E-state index in [-0.39, 0.29) is 17.6 Å². The zero-order chi connectivity index (χ0) is 35.7. The first-order valence-corrected chi connectivity index (χ1v) is 18.7. The monoisotopic (exact) mass is 705 g/mol. The first kappa shape index (κ1) is 37.5. The van der Waals surface area contributed by atoms with E-state index in [1.54, 1.807) is 13.2 Å². The lowest BCUT2D eigenvalue weighted by Crippen LogP contribution is -2.38. The molecule has 1 aliphatic rings. The zero-order valence-corrected chi connectivity index (χ0v) is 30.2. The van der Waals surface area contributed by atoms with Crippen molar-refractivity contribution in [3.05, 3.63) is 119 Å². The summed E-state index contributed by atoms with van der Waals surface area (Å²) in [4.78, 5) is 18.3. The Bertz CT molecular complexity index is 1720. The number of rotatable bonds is 16. The molecule has 0 aliphatic heterocycles. The van der Waals surface area contributed by atoms with E-state index in [0.29, 0.717) is 24.4 Å². The summed E-state index contributed by atoms with van der Waals surface area (Å²) in [6.07, 6.45) is 8.70. The van der Waals surface area contributed by atoms with Gasteiger partial charge in [-0.25, -0.2) is 13.7 Å². The number of ether oxygens (including phenoxy) is 3. The predicted molar refractivity (Wildman–Crippen MR) is 191 cm³/mol. The van der Waals surface area contributed by atoms with Crippen molar-refractivity contribution in [2.45, 2.75) is 83.1 Å². The molecular weight excluding hydrogens is 655 g/mol. The Morgan fingerprint density at radius 1 is 0.880 bits per heavy atom. The van der Waals surface area contributed by atoms with E-state index < -0.39 is 20.7 Å². The van der Waals surface area contributed by atoms with Crippen LogP contribution in [0.5, 0.6) is 17.2 Å². The van der Waals surface area contributed by atoms with Crippen LogP contribution in [-0.2, 0) is 22.1 Å². The molecule has 1 saturated carbocycles. The summed E-state index contributed by atoms with van der Waals surface area (Å²) in [7, 11) is -3.04. The van der Waals surface area contributed by atoms with Gasteiger partial charge >= 0.3 is 7.82 Å². The summed E-state index contributed by atoms with van der Waals surface area (Å²) in [5.41, 5.74) is 4.70. The van der Waals surface area contributed by atoms with Crippen LogP contribution in [0.1, 0.15) is 86.3 Å². The molecule has 1 aromatic heterocycles. The molecule has 0 spiro atoms. The van der Waals surface area contributed by atoms with Crippen molar-refractivity contribution in [2.75, 3.05) is 20.4 Å². The number of aliphatic hydroxyl groups excluding tert-OH is 1. The third-order valence-corrected chi connectivity index (χ3v) is 9.32. The highest BCUT2D eigenvalue weighted by Crippen LogP contribution is 2.38. The molecule has 0 bridgehead atoms. The number of β-amino-alcohol motifs (C(OH)–C–C–N with tert-alkyl or cyclic N) is 1. The topological polar surface area (TPSA) is 131 Å². The summed E-state index contributed by atoms with van der Waals surface area (Å²) in [5.74, 6) is 1.98. The summed E-state index contributed by atoms with van der Waals surface area (Å²) in [6, 6.07) is 26.3. The third kappa shape index (κ3) is 11.1. The van der Waals surface area contributed by atoms with Crippen LogP contribution in [0, 0.1) is 0 Å². The lowest BCUT2D eigenvalue weighted by molar-refractivity contribution is -0.688. The van der Waals surface area contributed by atoms with Gasteiger partial charge in [0, 0.05) is 30.1 Å². The van der Waals surface area contributed by atoms with Gasteiger partial charge in [-0.05, 0) is 99.4 Å². The molecule has 3 aromatic carbocycles. The average Bonchev–Trinajstić information content (AvgIpc) is 3.60. The minimum atomic E-state index is -4.72. The van der Waals surface area contributed by atoms with Crippen LogP contribution >= 0.6 is 7.82 Å². The molecule has 4 aromatic rings. The quantitative estimate of drug-likeness (QED) is 0.0579.